The molecule has 6 nitrogen and oxygen atoms in total. The summed E-state index contributed by atoms with van der Waals surface area (Å²) in [7, 11) is 0. The van der Waals surface area contributed by atoms with Gasteiger partial charge in [-0.25, -0.2) is 0 Å². The number of carbonyl (C=O) groups excluding carboxylic acids is 4. The lowest BCUT2D eigenvalue weighted by Crippen LogP contribution is -2.57. The van der Waals surface area contributed by atoms with Crippen LogP contribution in [0.4, 0.5) is 0 Å². The SMILES string of the molecule is C=CCC.C=CCC1=CC2CC1C1C(=O)N(C(C)(C)CC(C)(C)N3C(=O)C4C(C)CC(/C=C\C)C4C3=O)C(=O)C21. The highest BCUT2D eigenvalue weighted by molar-refractivity contribution is 6.08. The van der Waals surface area contributed by atoms with E-state index in [2.05, 4.69) is 39.2 Å². The molecule has 2 heterocycles. The van der Waals surface area contributed by atoms with Crippen LogP contribution >= 0.6 is 0 Å². The maximum absolute atomic E-state index is 13.7. The van der Waals surface area contributed by atoms with Gasteiger partial charge in [-0.1, -0.05) is 49.8 Å². The van der Waals surface area contributed by atoms with E-state index in [-0.39, 0.29) is 71.0 Å². The van der Waals surface area contributed by atoms with Gasteiger partial charge in [-0.2, -0.15) is 0 Å². The third-order valence-electron chi connectivity index (χ3n) is 10.0. The van der Waals surface area contributed by atoms with Crippen molar-refractivity contribution in [1.29, 1.82) is 0 Å². The molecule has 6 heteroatoms. The molecule has 3 aliphatic carbocycles. The number of carbonyl (C=O) groups is 4. The minimum atomic E-state index is -0.828. The summed E-state index contributed by atoms with van der Waals surface area (Å²) in [6, 6.07) is 0. The van der Waals surface area contributed by atoms with E-state index >= 15 is 0 Å². The topological polar surface area (TPSA) is 74.8 Å². The molecule has 2 bridgehead atoms. The smallest absolute Gasteiger partial charge is 0.234 e. The van der Waals surface area contributed by atoms with Crippen molar-refractivity contribution in [1.82, 2.24) is 9.80 Å². The predicted octanol–water partition coefficient (Wildman–Crippen LogP) is 6.10. The Kier molecular flexibility index (Phi) is 8.23. The molecular formula is C34H48N2O4. The van der Waals surface area contributed by atoms with Crippen LogP contribution in [0.25, 0.3) is 0 Å². The highest BCUT2D eigenvalue weighted by Crippen LogP contribution is 2.58. The fourth-order valence-corrected chi connectivity index (χ4v) is 8.85. The van der Waals surface area contributed by atoms with Crippen LogP contribution in [-0.2, 0) is 19.2 Å². The first-order valence-corrected chi connectivity index (χ1v) is 15.1. The van der Waals surface area contributed by atoms with E-state index < -0.39 is 11.1 Å². The van der Waals surface area contributed by atoms with Crippen molar-refractivity contribution in [3.8, 4) is 0 Å². The lowest BCUT2D eigenvalue weighted by molar-refractivity contribution is -0.151. The van der Waals surface area contributed by atoms with Gasteiger partial charge in [-0.15, -0.1) is 13.2 Å². The summed E-state index contributed by atoms with van der Waals surface area (Å²) >= 11 is 0. The minimum absolute atomic E-state index is 0.0779. The Labute approximate surface area is 240 Å². The molecule has 218 valence electrons. The summed E-state index contributed by atoms with van der Waals surface area (Å²) in [5, 5.41) is 0. The maximum Gasteiger partial charge on any atom is 0.234 e. The second-order valence-corrected chi connectivity index (χ2v) is 13.8. The summed E-state index contributed by atoms with van der Waals surface area (Å²) in [5.74, 6) is -1.10. The Balaban J connectivity index is 0.000000867. The van der Waals surface area contributed by atoms with Gasteiger partial charge in [0.25, 0.3) is 0 Å². The van der Waals surface area contributed by atoms with E-state index in [4.69, 9.17) is 0 Å². The number of rotatable bonds is 8. The maximum atomic E-state index is 13.7. The van der Waals surface area contributed by atoms with Gasteiger partial charge in [0.2, 0.25) is 23.6 Å². The molecule has 0 aromatic heterocycles. The molecule has 4 fully saturated rings. The third-order valence-corrected chi connectivity index (χ3v) is 10.0. The van der Waals surface area contributed by atoms with Gasteiger partial charge in [0.05, 0.1) is 23.7 Å². The zero-order valence-electron chi connectivity index (χ0n) is 25.5. The molecule has 40 heavy (non-hydrogen) atoms. The Morgan fingerprint density at radius 3 is 1.90 bits per heavy atom. The lowest BCUT2D eigenvalue weighted by atomic mass is 9.80. The summed E-state index contributed by atoms with van der Waals surface area (Å²) in [6.45, 7) is 21.0. The second-order valence-electron chi connectivity index (χ2n) is 13.8. The van der Waals surface area contributed by atoms with E-state index in [0.29, 0.717) is 6.42 Å². The molecule has 0 aromatic rings. The number of fused-ring (bicyclic) bond motifs is 6. The number of hydrogen-bond donors (Lipinski definition) is 0. The number of hydrogen-bond acceptors (Lipinski definition) is 4. The third kappa shape index (κ3) is 4.65. The Bertz CT molecular complexity index is 1160. The minimum Gasteiger partial charge on any atom is -0.276 e. The van der Waals surface area contributed by atoms with Crippen LogP contribution in [-0.4, -0.2) is 44.5 Å². The molecule has 0 N–H and O–H groups in total. The number of amides is 4. The van der Waals surface area contributed by atoms with E-state index in [0.717, 1.165) is 25.7 Å². The lowest BCUT2D eigenvalue weighted by Gasteiger charge is -2.44. The molecule has 2 saturated heterocycles. The highest BCUT2D eigenvalue weighted by atomic mass is 16.2. The molecule has 4 amide bonds. The van der Waals surface area contributed by atoms with Crippen molar-refractivity contribution < 1.29 is 19.2 Å². The Hall–Kier alpha value is -2.76. The fourth-order valence-electron chi connectivity index (χ4n) is 8.85. The summed E-state index contributed by atoms with van der Waals surface area (Å²) in [5.41, 5.74) is -0.416. The normalized spacial score (nSPS) is 34.8. The van der Waals surface area contributed by atoms with Gasteiger partial charge in [0.1, 0.15) is 0 Å². The number of allylic oxidation sites excluding steroid dienone is 6. The van der Waals surface area contributed by atoms with Gasteiger partial charge in [0.15, 0.2) is 0 Å². The molecule has 8 unspecified atom stereocenters. The average molecular weight is 549 g/mol. The standard InChI is InChI=1S/C30H40N2O4.C4H8/c1-8-10-17-13-19-14-20(17)24-23(19)27(35)32(28(24)36)30(6,7)15-29(4,5)31-25(33)21-16(3)12-18(11-9-2)22(21)26(31)34;1-3-4-2/h8-9,11,13,16,18-24H,1,10,12,14-15H2,2-7H3;3H,1,4H2,2H3/b11-9-;. The predicted molar refractivity (Wildman–Crippen MR) is 158 cm³/mol. The van der Waals surface area contributed by atoms with Crippen LogP contribution in [0.2, 0.25) is 0 Å². The van der Waals surface area contributed by atoms with Gasteiger partial charge in [0, 0.05) is 11.1 Å². The summed E-state index contributed by atoms with van der Waals surface area (Å²) in [4.78, 5) is 57.6. The molecule has 2 saturated carbocycles. The quantitative estimate of drug-likeness (QED) is 0.271. The van der Waals surface area contributed by atoms with Crippen LogP contribution in [0, 0.1) is 47.3 Å². The van der Waals surface area contributed by atoms with E-state index in [1.807, 2.05) is 52.8 Å². The molecule has 8 atom stereocenters. The first-order valence-electron chi connectivity index (χ1n) is 15.1. The zero-order valence-corrected chi connectivity index (χ0v) is 25.5. The van der Waals surface area contributed by atoms with Crippen LogP contribution in [0.15, 0.2) is 49.1 Å². The van der Waals surface area contributed by atoms with E-state index in [1.165, 1.54) is 15.4 Å². The summed E-state index contributed by atoms with van der Waals surface area (Å²) in [6.07, 6.45) is 13.9. The number of nitrogens with zero attached hydrogens (tertiary/aromatic N) is 2. The second kappa shape index (κ2) is 10.9. The van der Waals surface area contributed by atoms with Gasteiger partial charge in [-0.3, -0.25) is 29.0 Å². The largest absolute Gasteiger partial charge is 0.276 e. The van der Waals surface area contributed by atoms with Crippen molar-refractivity contribution in [2.45, 2.75) is 91.6 Å². The van der Waals surface area contributed by atoms with Crippen LogP contribution in [0.3, 0.4) is 0 Å². The zero-order chi connectivity index (χ0) is 29.7. The first kappa shape index (κ1) is 30.2. The molecular weight excluding hydrogens is 500 g/mol. The molecule has 5 aliphatic rings. The van der Waals surface area contributed by atoms with Crippen LogP contribution in [0.5, 0.6) is 0 Å². The Morgan fingerprint density at radius 1 is 0.850 bits per heavy atom. The van der Waals surface area contributed by atoms with E-state index in [9.17, 15) is 19.2 Å². The highest BCUT2D eigenvalue weighted by Gasteiger charge is 2.65. The molecule has 2 aliphatic heterocycles. The average Bonchev–Trinajstić information content (AvgIpc) is 3.63. The Morgan fingerprint density at radius 2 is 1.38 bits per heavy atom. The van der Waals surface area contributed by atoms with E-state index in [1.54, 1.807) is 0 Å². The van der Waals surface area contributed by atoms with Crippen LogP contribution < -0.4 is 0 Å². The van der Waals surface area contributed by atoms with Crippen molar-refractivity contribution >= 4 is 23.6 Å². The number of likely N-dealkylation sites (tertiary alicyclic amines) is 2. The van der Waals surface area contributed by atoms with Crippen molar-refractivity contribution in [3.63, 3.8) is 0 Å². The molecule has 0 aromatic carbocycles. The fraction of sp³-hybridized carbons (Fsp3) is 0.647. The molecule has 0 radical (unpaired) electrons. The summed E-state index contributed by atoms with van der Waals surface area (Å²) < 4.78 is 0. The monoisotopic (exact) mass is 548 g/mol. The van der Waals surface area contributed by atoms with Crippen molar-refractivity contribution in [3.05, 3.63) is 49.1 Å². The van der Waals surface area contributed by atoms with Gasteiger partial charge >= 0.3 is 0 Å². The number of imide groups is 2. The van der Waals surface area contributed by atoms with Gasteiger partial charge in [-0.05, 0) is 90.4 Å². The first-order chi connectivity index (χ1) is 18.8. The van der Waals surface area contributed by atoms with Crippen LogP contribution in [0.1, 0.15) is 80.6 Å². The van der Waals surface area contributed by atoms with Gasteiger partial charge < -0.3 is 0 Å². The van der Waals surface area contributed by atoms with Crippen molar-refractivity contribution in [2.75, 3.05) is 0 Å². The molecule has 0 spiro atoms. The molecule has 5 rings (SSSR count). The van der Waals surface area contributed by atoms with Crippen molar-refractivity contribution in [2.24, 2.45) is 47.3 Å².